The fraction of sp³-hybridized carbons (Fsp3) is 0.588. The molecule has 0 bridgehead atoms. The second-order valence-electron chi connectivity index (χ2n) is 6.00. The molecule has 1 aliphatic heterocycles. The van der Waals surface area contributed by atoms with E-state index >= 15 is 0 Å². The maximum Gasteiger partial charge on any atom is 0.230 e. The number of benzene rings is 1. The van der Waals surface area contributed by atoms with E-state index in [0.29, 0.717) is 6.54 Å². The van der Waals surface area contributed by atoms with Gasteiger partial charge in [-0.2, -0.15) is 0 Å². The molecule has 0 unspecified atom stereocenters. The molecule has 1 aliphatic carbocycles. The van der Waals surface area contributed by atoms with Gasteiger partial charge in [0.2, 0.25) is 5.91 Å². The molecule has 1 saturated carbocycles. The van der Waals surface area contributed by atoms with E-state index in [0.717, 1.165) is 45.1 Å². The fourth-order valence-electron chi connectivity index (χ4n) is 3.56. The van der Waals surface area contributed by atoms with Crippen molar-refractivity contribution in [2.24, 2.45) is 0 Å². The standard InChI is InChI=1S/C17H23NO2/c19-16(18-13-15-9-6-12-20-15)17(10-4-5-11-17)14-7-2-1-3-8-14/h1-3,7-8,15H,4-6,9-13H2,(H,18,19)/t15-/m0/s1. The highest BCUT2D eigenvalue weighted by Crippen LogP contribution is 2.41. The van der Waals surface area contributed by atoms with Crippen molar-refractivity contribution < 1.29 is 9.53 Å². The van der Waals surface area contributed by atoms with Crippen molar-refractivity contribution in [3.8, 4) is 0 Å². The monoisotopic (exact) mass is 273 g/mol. The minimum absolute atomic E-state index is 0.191. The number of nitrogens with one attached hydrogen (secondary N) is 1. The minimum atomic E-state index is -0.306. The first kappa shape index (κ1) is 13.6. The Morgan fingerprint density at radius 2 is 1.95 bits per heavy atom. The summed E-state index contributed by atoms with van der Waals surface area (Å²) in [5.41, 5.74) is 0.863. The zero-order chi connectivity index (χ0) is 13.8. The highest BCUT2D eigenvalue weighted by Gasteiger charge is 2.42. The van der Waals surface area contributed by atoms with E-state index in [9.17, 15) is 4.79 Å². The van der Waals surface area contributed by atoms with Gasteiger partial charge in [0.05, 0.1) is 11.5 Å². The summed E-state index contributed by atoms with van der Waals surface area (Å²) in [5.74, 6) is 0.191. The van der Waals surface area contributed by atoms with Crippen molar-refractivity contribution in [2.45, 2.75) is 50.0 Å². The lowest BCUT2D eigenvalue weighted by molar-refractivity contribution is -0.127. The molecule has 3 rings (SSSR count). The molecule has 1 saturated heterocycles. The third-order valence-corrected chi connectivity index (χ3v) is 4.73. The summed E-state index contributed by atoms with van der Waals surface area (Å²) in [4.78, 5) is 12.8. The molecule has 1 N–H and O–H groups in total. The number of rotatable bonds is 4. The van der Waals surface area contributed by atoms with Gasteiger partial charge in [0.1, 0.15) is 0 Å². The summed E-state index contributed by atoms with van der Waals surface area (Å²) < 4.78 is 5.59. The number of hydrogen-bond acceptors (Lipinski definition) is 2. The molecule has 3 heteroatoms. The predicted molar refractivity (Wildman–Crippen MR) is 78.6 cm³/mol. The quantitative estimate of drug-likeness (QED) is 0.916. The molecule has 0 radical (unpaired) electrons. The Labute approximate surface area is 120 Å². The van der Waals surface area contributed by atoms with Crippen LogP contribution in [0.2, 0.25) is 0 Å². The molecular weight excluding hydrogens is 250 g/mol. The highest BCUT2D eigenvalue weighted by atomic mass is 16.5. The van der Waals surface area contributed by atoms with Crippen molar-refractivity contribution in [2.75, 3.05) is 13.2 Å². The molecule has 1 atom stereocenters. The van der Waals surface area contributed by atoms with E-state index in [1.807, 2.05) is 18.2 Å². The van der Waals surface area contributed by atoms with Crippen LogP contribution in [0.15, 0.2) is 30.3 Å². The average Bonchev–Trinajstić information content (AvgIpc) is 3.18. The molecular formula is C17H23NO2. The van der Waals surface area contributed by atoms with Gasteiger partial charge < -0.3 is 10.1 Å². The molecule has 1 aromatic rings. The van der Waals surface area contributed by atoms with Gasteiger partial charge in [-0.15, -0.1) is 0 Å². The van der Waals surface area contributed by atoms with Crippen molar-refractivity contribution in [3.05, 3.63) is 35.9 Å². The third-order valence-electron chi connectivity index (χ3n) is 4.73. The number of carbonyl (C=O) groups is 1. The lowest BCUT2D eigenvalue weighted by Crippen LogP contribution is -2.45. The van der Waals surface area contributed by atoms with Gasteiger partial charge in [0, 0.05) is 13.2 Å². The van der Waals surface area contributed by atoms with Crippen LogP contribution in [0.5, 0.6) is 0 Å². The van der Waals surface area contributed by atoms with Crippen LogP contribution in [-0.4, -0.2) is 25.2 Å². The van der Waals surface area contributed by atoms with Crippen LogP contribution in [0, 0.1) is 0 Å². The van der Waals surface area contributed by atoms with E-state index < -0.39 is 0 Å². The van der Waals surface area contributed by atoms with Gasteiger partial charge in [-0.3, -0.25) is 4.79 Å². The molecule has 0 aromatic heterocycles. The molecule has 20 heavy (non-hydrogen) atoms. The third kappa shape index (κ3) is 2.59. The summed E-state index contributed by atoms with van der Waals surface area (Å²) in [6.45, 7) is 1.50. The molecule has 1 heterocycles. The Morgan fingerprint density at radius 3 is 2.60 bits per heavy atom. The summed E-state index contributed by atoms with van der Waals surface area (Å²) in [5, 5.41) is 3.14. The first-order valence-corrected chi connectivity index (χ1v) is 7.77. The second-order valence-corrected chi connectivity index (χ2v) is 6.00. The Bertz CT molecular complexity index is 445. The van der Waals surface area contributed by atoms with Crippen LogP contribution in [-0.2, 0) is 14.9 Å². The molecule has 2 fully saturated rings. The summed E-state index contributed by atoms with van der Waals surface area (Å²) >= 11 is 0. The molecule has 1 aromatic carbocycles. The number of amides is 1. The fourth-order valence-corrected chi connectivity index (χ4v) is 3.56. The Balaban J connectivity index is 1.71. The molecule has 2 aliphatic rings. The predicted octanol–water partition coefficient (Wildman–Crippen LogP) is 2.79. The van der Waals surface area contributed by atoms with Crippen molar-refractivity contribution >= 4 is 5.91 Å². The van der Waals surface area contributed by atoms with Gasteiger partial charge in [-0.1, -0.05) is 43.2 Å². The van der Waals surface area contributed by atoms with Crippen molar-refractivity contribution in [1.82, 2.24) is 5.32 Å². The Hall–Kier alpha value is -1.35. The van der Waals surface area contributed by atoms with Crippen LogP contribution in [0.25, 0.3) is 0 Å². The average molecular weight is 273 g/mol. The van der Waals surface area contributed by atoms with Crippen LogP contribution < -0.4 is 5.32 Å². The molecule has 1 amide bonds. The first-order valence-electron chi connectivity index (χ1n) is 7.77. The van der Waals surface area contributed by atoms with Crippen molar-refractivity contribution in [1.29, 1.82) is 0 Å². The second kappa shape index (κ2) is 5.96. The van der Waals surface area contributed by atoms with E-state index in [1.54, 1.807) is 0 Å². The van der Waals surface area contributed by atoms with E-state index in [1.165, 1.54) is 5.56 Å². The lowest BCUT2D eigenvalue weighted by atomic mass is 9.78. The molecule has 0 spiro atoms. The van der Waals surface area contributed by atoms with E-state index in [-0.39, 0.29) is 17.4 Å². The van der Waals surface area contributed by atoms with Gasteiger partial charge in [0.15, 0.2) is 0 Å². The molecule has 3 nitrogen and oxygen atoms in total. The normalized spacial score (nSPS) is 24.7. The maximum atomic E-state index is 12.8. The van der Waals surface area contributed by atoms with Crippen LogP contribution in [0.4, 0.5) is 0 Å². The Kier molecular flexibility index (Phi) is 4.06. The van der Waals surface area contributed by atoms with E-state index in [4.69, 9.17) is 4.74 Å². The molecule has 108 valence electrons. The largest absolute Gasteiger partial charge is 0.376 e. The number of hydrogen-bond donors (Lipinski definition) is 1. The van der Waals surface area contributed by atoms with Gasteiger partial charge in [-0.05, 0) is 31.2 Å². The van der Waals surface area contributed by atoms with Gasteiger partial charge >= 0.3 is 0 Å². The van der Waals surface area contributed by atoms with Crippen LogP contribution in [0.3, 0.4) is 0 Å². The summed E-state index contributed by atoms with van der Waals surface area (Å²) in [6.07, 6.45) is 6.61. The van der Waals surface area contributed by atoms with Gasteiger partial charge in [0.25, 0.3) is 0 Å². The number of ether oxygens (including phenoxy) is 1. The summed E-state index contributed by atoms with van der Waals surface area (Å²) in [7, 11) is 0. The topological polar surface area (TPSA) is 38.3 Å². The van der Waals surface area contributed by atoms with Crippen LogP contribution in [0.1, 0.15) is 44.1 Å². The maximum absolute atomic E-state index is 12.8. The minimum Gasteiger partial charge on any atom is -0.376 e. The first-order chi connectivity index (χ1) is 9.81. The van der Waals surface area contributed by atoms with E-state index in [2.05, 4.69) is 17.4 Å². The van der Waals surface area contributed by atoms with Crippen LogP contribution >= 0.6 is 0 Å². The summed E-state index contributed by atoms with van der Waals surface area (Å²) in [6, 6.07) is 10.3. The highest BCUT2D eigenvalue weighted by molar-refractivity contribution is 5.88. The van der Waals surface area contributed by atoms with Crippen molar-refractivity contribution in [3.63, 3.8) is 0 Å². The zero-order valence-corrected chi connectivity index (χ0v) is 11.9. The number of carbonyl (C=O) groups excluding carboxylic acids is 1. The van der Waals surface area contributed by atoms with Gasteiger partial charge in [-0.25, -0.2) is 0 Å². The SMILES string of the molecule is O=C(NC[C@@H]1CCCO1)C1(c2ccccc2)CCCC1. The Morgan fingerprint density at radius 1 is 1.20 bits per heavy atom. The zero-order valence-electron chi connectivity index (χ0n) is 11.9. The smallest absolute Gasteiger partial charge is 0.230 e. The lowest BCUT2D eigenvalue weighted by Gasteiger charge is -2.29.